The van der Waals surface area contributed by atoms with Gasteiger partial charge in [-0.2, -0.15) is 0 Å². The molecule has 2 N–H and O–H groups in total. The summed E-state index contributed by atoms with van der Waals surface area (Å²) < 4.78 is 0. The molecule has 0 amide bonds. The van der Waals surface area contributed by atoms with E-state index in [1.54, 1.807) is 19.1 Å². The maximum absolute atomic E-state index is 9.53. The third-order valence-corrected chi connectivity index (χ3v) is 3.55. The van der Waals surface area contributed by atoms with Crippen LogP contribution in [0.3, 0.4) is 0 Å². The normalized spacial score (nSPS) is 12.5. The molecule has 3 rings (SSSR count). The molecular formula is C18H16O2. The molecule has 0 spiro atoms. The smallest absolute Gasteiger partial charge is 0.116 e. The fourth-order valence-electron chi connectivity index (χ4n) is 2.37. The van der Waals surface area contributed by atoms with Crippen molar-refractivity contribution in [1.82, 2.24) is 0 Å². The molecule has 100 valence electrons. The Morgan fingerprint density at radius 2 is 1.35 bits per heavy atom. The van der Waals surface area contributed by atoms with E-state index in [0.717, 1.165) is 27.5 Å². The minimum absolute atomic E-state index is 0.284. The molecule has 0 aliphatic carbocycles. The number of benzene rings is 3. The Labute approximate surface area is 117 Å². The van der Waals surface area contributed by atoms with Gasteiger partial charge in [0.05, 0.1) is 6.10 Å². The summed E-state index contributed by atoms with van der Waals surface area (Å²) in [6, 6.07) is 19.4. The highest BCUT2D eigenvalue weighted by Gasteiger charge is 2.03. The molecule has 2 heteroatoms. The number of phenols is 1. The van der Waals surface area contributed by atoms with Crippen LogP contribution in [0.1, 0.15) is 18.6 Å². The quantitative estimate of drug-likeness (QED) is 0.725. The average Bonchev–Trinajstić information content (AvgIpc) is 2.47. The van der Waals surface area contributed by atoms with Crippen molar-refractivity contribution in [3.05, 3.63) is 66.2 Å². The van der Waals surface area contributed by atoms with E-state index in [2.05, 4.69) is 6.07 Å². The fraction of sp³-hybridized carbons (Fsp3) is 0.111. The van der Waals surface area contributed by atoms with Gasteiger partial charge in [0, 0.05) is 0 Å². The molecule has 0 radical (unpaired) electrons. The lowest BCUT2D eigenvalue weighted by atomic mass is 9.99. The maximum Gasteiger partial charge on any atom is 0.116 e. The summed E-state index contributed by atoms with van der Waals surface area (Å²) in [5.41, 5.74) is 3.16. The topological polar surface area (TPSA) is 40.5 Å². The molecule has 2 nitrogen and oxygen atoms in total. The van der Waals surface area contributed by atoms with Crippen molar-refractivity contribution in [1.29, 1.82) is 0 Å². The summed E-state index contributed by atoms with van der Waals surface area (Å²) in [5, 5.41) is 21.1. The highest BCUT2D eigenvalue weighted by molar-refractivity contribution is 5.88. The molecule has 0 aliphatic heterocycles. The van der Waals surface area contributed by atoms with Crippen LogP contribution in [-0.2, 0) is 0 Å². The Hall–Kier alpha value is -2.32. The molecule has 0 bridgehead atoms. The average molecular weight is 264 g/mol. The van der Waals surface area contributed by atoms with Gasteiger partial charge in [-0.25, -0.2) is 0 Å². The van der Waals surface area contributed by atoms with E-state index < -0.39 is 6.10 Å². The van der Waals surface area contributed by atoms with Gasteiger partial charge in [-0.05, 0) is 52.6 Å². The summed E-state index contributed by atoms with van der Waals surface area (Å²) >= 11 is 0. The van der Waals surface area contributed by atoms with E-state index in [9.17, 15) is 10.2 Å². The van der Waals surface area contributed by atoms with Gasteiger partial charge in [0.2, 0.25) is 0 Å². The molecule has 3 aromatic rings. The molecule has 0 aliphatic rings. The number of hydrogen-bond donors (Lipinski definition) is 2. The van der Waals surface area contributed by atoms with Crippen LogP contribution in [-0.4, -0.2) is 10.2 Å². The molecule has 20 heavy (non-hydrogen) atoms. The molecular weight excluding hydrogens is 248 g/mol. The monoisotopic (exact) mass is 264 g/mol. The minimum Gasteiger partial charge on any atom is -0.508 e. The van der Waals surface area contributed by atoms with Crippen LogP contribution in [0.25, 0.3) is 21.9 Å². The van der Waals surface area contributed by atoms with E-state index in [1.165, 1.54) is 0 Å². The first-order valence-electron chi connectivity index (χ1n) is 6.65. The van der Waals surface area contributed by atoms with Crippen molar-refractivity contribution in [2.24, 2.45) is 0 Å². The minimum atomic E-state index is -0.441. The van der Waals surface area contributed by atoms with Crippen molar-refractivity contribution in [2.45, 2.75) is 13.0 Å². The number of fused-ring (bicyclic) bond motifs is 1. The Bertz CT molecular complexity index is 743. The van der Waals surface area contributed by atoms with Gasteiger partial charge >= 0.3 is 0 Å². The predicted octanol–water partition coefficient (Wildman–Crippen LogP) is 4.27. The molecule has 1 atom stereocenters. The lowest BCUT2D eigenvalue weighted by Gasteiger charge is -2.08. The van der Waals surface area contributed by atoms with Gasteiger partial charge in [0.25, 0.3) is 0 Å². The van der Waals surface area contributed by atoms with Crippen LogP contribution < -0.4 is 0 Å². The van der Waals surface area contributed by atoms with E-state index >= 15 is 0 Å². The second-order valence-electron chi connectivity index (χ2n) is 5.04. The van der Waals surface area contributed by atoms with E-state index in [1.807, 2.05) is 42.5 Å². The van der Waals surface area contributed by atoms with E-state index in [-0.39, 0.29) is 5.75 Å². The first kappa shape index (κ1) is 12.7. The zero-order valence-electron chi connectivity index (χ0n) is 11.2. The third kappa shape index (κ3) is 2.38. The Balaban J connectivity index is 2.03. The van der Waals surface area contributed by atoms with Crippen molar-refractivity contribution >= 4 is 10.8 Å². The maximum atomic E-state index is 9.53. The van der Waals surface area contributed by atoms with Gasteiger partial charge in [-0.15, -0.1) is 0 Å². The second-order valence-corrected chi connectivity index (χ2v) is 5.04. The summed E-state index contributed by atoms with van der Waals surface area (Å²) in [6.45, 7) is 1.76. The number of rotatable bonds is 2. The summed E-state index contributed by atoms with van der Waals surface area (Å²) in [6.07, 6.45) is -0.441. The van der Waals surface area contributed by atoms with Gasteiger partial charge in [0.1, 0.15) is 5.75 Å². The highest BCUT2D eigenvalue weighted by atomic mass is 16.3. The van der Waals surface area contributed by atoms with Crippen molar-refractivity contribution in [2.75, 3.05) is 0 Å². The third-order valence-electron chi connectivity index (χ3n) is 3.55. The summed E-state index contributed by atoms with van der Waals surface area (Å²) in [5.74, 6) is 0.284. The number of aliphatic hydroxyl groups excluding tert-OH is 1. The van der Waals surface area contributed by atoms with Crippen molar-refractivity contribution in [3.63, 3.8) is 0 Å². The molecule has 0 fully saturated rings. The zero-order valence-corrected chi connectivity index (χ0v) is 11.2. The molecule has 3 aromatic carbocycles. The van der Waals surface area contributed by atoms with Crippen LogP contribution in [0.4, 0.5) is 0 Å². The van der Waals surface area contributed by atoms with Crippen LogP contribution in [0.5, 0.6) is 5.75 Å². The van der Waals surface area contributed by atoms with Crippen LogP contribution in [0, 0.1) is 0 Å². The largest absolute Gasteiger partial charge is 0.508 e. The van der Waals surface area contributed by atoms with Gasteiger partial charge < -0.3 is 10.2 Å². The number of aliphatic hydroxyl groups is 1. The van der Waals surface area contributed by atoms with Gasteiger partial charge in [0.15, 0.2) is 0 Å². The van der Waals surface area contributed by atoms with E-state index in [0.29, 0.717) is 0 Å². The van der Waals surface area contributed by atoms with Gasteiger partial charge in [-0.1, -0.05) is 42.5 Å². The Morgan fingerprint density at radius 1 is 0.750 bits per heavy atom. The Kier molecular flexibility index (Phi) is 3.17. The lowest BCUT2D eigenvalue weighted by molar-refractivity contribution is 0.199. The van der Waals surface area contributed by atoms with Crippen LogP contribution in [0.2, 0.25) is 0 Å². The fourth-order valence-corrected chi connectivity index (χ4v) is 2.37. The van der Waals surface area contributed by atoms with Crippen LogP contribution >= 0.6 is 0 Å². The molecule has 0 saturated heterocycles. The second kappa shape index (κ2) is 4.99. The van der Waals surface area contributed by atoms with Gasteiger partial charge in [-0.3, -0.25) is 0 Å². The highest BCUT2D eigenvalue weighted by Crippen LogP contribution is 2.27. The molecule has 0 aromatic heterocycles. The number of phenolic OH excluding ortho intramolecular Hbond substituents is 1. The van der Waals surface area contributed by atoms with Crippen LogP contribution in [0.15, 0.2) is 60.7 Å². The summed E-state index contributed by atoms with van der Waals surface area (Å²) in [7, 11) is 0. The predicted molar refractivity (Wildman–Crippen MR) is 81.7 cm³/mol. The molecule has 0 saturated carbocycles. The lowest BCUT2D eigenvalue weighted by Crippen LogP contribution is -1.90. The first-order valence-corrected chi connectivity index (χ1v) is 6.65. The van der Waals surface area contributed by atoms with E-state index in [4.69, 9.17) is 0 Å². The Morgan fingerprint density at radius 3 is 2.05 bits per heavy atom. The number of aromatic hydroxyl groups is 1. The zero-order chi connectivity index (χ0) is 14.1. The number of hydrogen-bond acceptors (Lipinski definition) is 2. The summed E-state index contributed by atoms with van der Waals surface area (Å²) in [4.78, 5) is 0. The standard InChI is InChI=1S/C18H16O2/c1-12(19)13-2-4-14(5-3-13)15-6-7-17-11-18(20)9-8-16(17)10-15/h2-12,19-20H,1H3. The molecule has 0 heterocycles. The SMILES string of the molecule is CC(O)c1ccc(-c2ccc3cc(O)ccc3c2)cc1. The molecule has 1 unspecified atom stereocenters. The van der Waals surface area contributed by atoms with Crippen molar-refractivity contribution < 1.29 is 10.2 Å². The van der Waals surface area contributed by atoms with Crippen molar-refractivity contribution in [3.8, 4) is 16.9 Å². The first-order chi connectivity index (χ1) is 9.63.